The first-order valence-electron chi connectivity index (χ1n) is 5.80. The van der Waals surface area contributed by atoms with Gasteiger partial charge >= 0.3 is 5.97 Å². The van der Waals surface area contributed by atoms with Gasteiger partial charge in [-0.05, 0) is 18.2 Å². The molecule has 0 aliphatic carbocycles. The molecule has 104 valence electrons. The Kier molecular flexibility index (Phi) is 5.72. The van der Waals surface area contributed by atoms with Crippen LogP contribution in [0.5, 0.6) is 0 Å². The number of nitrogens with zero attached hydrogens (tertiary/aromatic N) is 1. The van der Waals surface area contributed by atoms with Gasteiger partial charge in [-0.1, -0.05) is 6.07 Å². The molecule has 0 saturated heterocycles. The zero-order chi connectivity index (χ0) is 15.0. The highest BCUT2D eigenvalue weighted by Gasteiger charge is 2.08. The van der Waals surface area contributed by atoms with Crippen molar-refractivity contribution < 1.29 is 19.5 Å². The molecule has 3 N–H and O–H groups in total. The highest BCUT2D eigenvalue weighted by molar-refractivity contribution is 5.93. The van der Waals surface area contributed by atoms with Crippen LogP contribution in [0.15, 0.2) is 24.3 Å². The second-order valence-electron chi connectivity index (χ2n) is 3.91. The average molecular weight is 275 g/mol. The first-order valence-corrected chi connectivity index (χ1v) is 5.80. The Labute approximate surface area is 115 Å². The maximum absolute atomic E-state index is 11.6. The van der Waals surface area contributed by atoms with Gasteiger partial charge in [0.05, 0.1) is 11.6 Å². The van der Waals surface area contributed by atoms with Crippen LogP contribution in [0, 0.1) is 11.3 Å². The molecule has 1 rings (SSSR count). The van der Waals surface area contributed by atoms with Crippen molar-refractivity contribution >= 4 is 23.5 Å². The fraction of sp³-hybridized carbons (Fsp3) is 0.231. The third-order valence-electron chi connectivity index (χ3n) is 2.29. The second kappa shape index (κ2) is 7.53. The van der Waals surface area contributed by atoms with E-state index in [0.29, 0.717) is 11.3 Å². The standard InChI is InChI=1S/C13H13N3O4/c14-7-9-2-1-3-10(6-9)16-12(18)5-4-11(17)15-8-13(19)20/h1-3,6H,4-5,8H2,(H,15,17)(H,16,18)(H,19,20). The Hall–Kier alpha value is -2.88. The minimum absolute atomic E-state index is 0.0672. The molecule has 1 aromatic rings. The molecule has 0 aliphatic heterocycles. The van der Waals surface area contributed by atoms with Gasteiger partial charge in [-0.2, -0.15) is 5.26 Å². The summed E-state index contributed by atoms with van der Waals surface area (Å²) in [5.74, 6) is -2.03. The first-order chi connectivity index (χ1) is 9.51. The van der Waals surface area contributed by atoms with Gasteiger partial charge in [0.15, 0.2) is 0 Å². The zero-order valence-corrected chi connectivity index (χ0v) is 10.5. The van der Waals surface area contributed by atoms with Gasteiger partial charge in [0, 0.05) is 18.5 Å². The number of anilines is 1. The quantitative estimate of drug-likeness (QED) is 0.697. The summed E-state index contributed by atoms with van der Waals surface area (Å²) < 4.78 is 0. The summed E-state index contributed by atoms with van der Waals surface area (Å²) in [5, 5.41) is 21.8. The molecule has 0 heterocycles. The number of carboxylic acid groups (broad SMARTS) is 1. The predicted octanol–water partition coefficient (Wildman–Crippen LogP) is 0.478. The molecular weight excluding hydrogens is 262 g/mol. The number of amides is 2. The molecule has 0 saturated carbocycles. The summed E-state index contributed by atoms with van der Waals surface area (Å²) in [5.41, 5.74) is 0.891. The van der Waals surface area contributed by atoms with E-state index < -0.39 is 18.4 Å². The molecule has 0 radical (unpaired) electrons. The van der Waals surface area contributed by atoms with Crippen molar-refractivity contribution in [2.75, 3.05) is 11.9 Å². The summed E-state index contributed by atoms with van der Waals surface area (Å²) in [6.45, 7) is -0.468. The lowest BCUT2D eigenvalue weighted by Gasteiger charge is -2.05. The zero-order valence-electron chi connectivity index (χ0n) is 10.5. The normalized spacial score (nSPS) is 9.35. The van der Waals surface area contributed by atoms with Crippen molar-refractivity contribution in [3.05, 3.63) is 29.8 Å². The molecular formula is C13H13N3O4. The summed E-state index contributed by atoms with van der Waals surface area (Å²) >= 11 is 0. The van der Waals surface area contributed by atoms with Crippen LogP contribution < -0.4 is 10.6 Å². The molecule has 7 heteroatoms. The number of nitrogens with one attached hydrogen (secondary N) is 2. The molecule has 2 amide bonds. The van der Waals surface area contributed by atoms with Gasteiger partial charge < -0.3 is 15.7 Å². The number of aliphatic carboxylic acids is 1. The molecule has 0 aliphatic rings. The van der Waals surface area contributed by atoms with Gasteiger partial charge in [0.2, 0.25) is 11.8 Å². The minimum Gasteiger partial charge on any atom is -0.480 e. The molecule has 0 aromatic heterocycles. The molecule has 0 fully saturated rings. The Balaban J connectivity index is 2.38. The van der Waals surface area contributed by atoms with Crippen molar-refractivity contribution in [1.82, 2.24) is 5.32 Å². The Morgan fingerprint density at radius 3 is 2.55 bits per heavy atom. The van der Waals surface area contributed by atoms with Crippen molar-refractivity contribution in [2.24, 2.45) is 0 Å². The van der Waals surface area contributed by atoms with Crippen molar-refractivity contribution in [1.29, 1.82) is 5.26 Å². The lowest BCUT2D eigenvalue weighted by molar-refractivity contribution is -0.138. The van der Waals surface area contributed by atoms with Crippen LogP contribution >= 0.6 is 0 Å². The van der Waals surface area contributed by atoms with E-state index in [1.54, 1.807) is 18.2 Å². The van der Waals surface area contributed by atoms with E-state index in [1.807, 2.05) is 6.07 Å². The van der Waals surface area contributed by atoms with E-state index in [2.05, 4.69) is 10.6 Å². The van der Waals surface area contributed by atoms with E-state index >= 15 is 0 Å². The number of carbonyl (C=O) groups excluding carboxylic acids is 2. The van der Waals surface area contributed by atoms with E-state index in [4.69, 9.17) is 10.4 Å². The third-order valence-corrected chi connectivity index (χ3v) is 2.29. The number of rotatable bonds is 6. The molecule has 1 aromatic carbocycles. The number of benzene rings is 1. The van der Waals surface area contributed by atoms with Crippen LogP contribution in [0.4, 0.5) is 5.69 Å². The van der Waals surface area contributed by atoms with Gasteiger partial charge in [0.25, 0.3) is 0 Å². The van der Waals surface area contributed by atoms with Crippen molar-refractivity contribution in [3.63, 3.8) is 0 Å². The smallest absolute Gasteiger partial charge is 0.322 e. The van der Waals surface area contributed by atoms with E-state index in [-0.39, 0.29) is 18.7 Å². The summed E-state index contributed by atoms with van der Waals surface area (Å²) in [6, 6.07) is 8.33. The lowest BCUT2D eigenvalue weighted by atomic mass is 10.2. The number of carbonyl (C=O) groups is 3. The monoisotopic (exact) mass is 275 g/mol. The Morgan fingerprint density at radius 1 is 1.20 bits per heavy atom. The maximum atomic E-state index is 11.6. The van der Waals surface area contributed by atoms with Crippen molar-refractivity contribution in [3.8, 4) is 6.07 Å². The maximum Gasteiger partial charge on any atom is 0.322 e. The van der Waals surface area contributed by atoms with Crippen LogP contribution in [0.3, 0.4) is 0 Å². The SMILES string of the molecule is N#Cc1cccc(NC(=O)CCC(=O)NCC(=O)O)c1. The predicted molar refractivity (Wildman–Crippen MR) is 69.7 cm³/mol. The number of hydrogen-bond donors (Lipinski definition) is 3. The Bertz CT molecular complexity index is 563. The lowest BCUT2D eigenvalue weighted by Crippen LogP contribution is -2.29. The molecule has 20 heavy (non-hydrogen) atoms. The highest BCUT2D eigenvalue weighted by atomic mass is 16.4. The minimum atomic E-state index is -1.14. The van der Waals surface area contributed by atoms with Crippen LogP contribution in [0.25, 0.3) is 0 Å². The van der Waals surface area contributed by atoms with Gasteiger partial charge in [-0.25, -0.2) is 0 Å². The van der Waals surface area contributed by atoms with E-state index in [0.717, 1.165) is 0 Å². The van der Waals surface area contributed by atoms with E-state index in [1.165, 1.54) is 6.07 Å². The number of hydrogen-bond acceptors (Lipinski definition) is 4. The van der Waals surface area contributed by atoms with Gasteiger partial charge in [-0.15, -0.1) is 0 Å². The van der Waals surface area contributed by atoms with Crippen LogP contribution in [0.1, 0.15) is 18.4 Å². The molecule has 0 unspecified atom stereocenters. The summed E-state index contributed by atoms with van der Waals surface area (Å²) in [6.07, 6.45) is -0.167. The molecule has 0 bridgehead atoms. The first kappa shape index (κ1) is 15.2. The summed E-state index contributed by atoms with van der Waals surface area (Å²) in [4.78, 5) is 33.0. The fourth-order valence-electron chi connectivity index (χ4n) is 1.38. The number of nitriles is 1. The topological polar surface area (TPSA) is 119 Å². The fourth-order valence-corrected chi connectivity index (χ4v) is 1.38. The average Bonchev–Trinajstić information content (AvgIpc) is 2.43. The molecule has 0 spiro atoms. The largest absolute Gasteiger partial charge is 0.480 e. The van der Waals surface area contributed by atoms with Crippen LogP contribution in [0.2, 0.25) is 0 Å². The van der Waals surface area contributed by atoms with Gasteiger partial charge in [0.1, 0.15) is 6.54 Å². The van der Waals surface area contributed by atoms with Crippen LogP contribution in [-0.4, -0.2) is 29.4 Å². The van der Waals surface area contributed by atoms with Gasteiger partial charge in [-0.3, -0.25) is 14.4 Å². The Morgan fingerprint density at radius 2 is 1.90 bits per heavy atom. The van der Waals surface area contributed by atoms with Crippen LogP contribution in [-0.2, 0) is 14.4 Å². The van der Waals surface area contributed by atoms with Crippen molar-refractivity contribution in [2.45, 2.75) is 12.8 Å². The number of carboxylic acids is 1. The molecule has 7 nitrogen and oxygen atoms in total. The highest BCUT2D eigenvalue weighted by Crippen LogP contribution is 2.10. The third kappa shape index (κ3) is 5.64. The molecule has 0 atom stereocenters. The summed E-state index contributed by atoms with van der Waals surface area (Å²) in [7, 11) is 0. The second-order valence-corrected chi connectivity index (χ2v) is 3.91. The van der Waals surface area contributed by atoms with E-state index in [9.17, 15) is 14.4 Å².